The summed E-state index contributed by atoms with van der Waals surface area (Å²) in [6.45, 7) is 6.45. The van der Waals surface area contributed by atoms with Crippen molar-refractivity contribution in [1.82, 2.24) is 10.2 Å². The zero-order valence-corrected chi connectivity index (χ0v) is 10.0. The molecule has 0 bridgehead atoms. The molecule has 2 heterocycles. The van der Waals surface area contributed by atoms with Gasteiger partial charge in [-0.05, 0) is 31.3 Å². The van der Waals surface area contributed by atoms with E-state index in [1.54, 1.807) is 0 Å². The zero-order chi connectivity index (χ0) is 12.2. The first-order chi connectivity index (χ1) is 7.49. The van der Waals surface area contributed by atoms with Crippen molar-refractivity contribution in [3.63, 3.8) is 0 Å². The van der Waals surface area contributed by atoms with Crippen LogP contribution in [0.2, 0.25) is 0 Å². The molecule has 0 saturated carbocycles. The molecule has 16 heavy (non-hydrogen) atoms. The highest BCUT2D eigenvalue weighted by atomic mass is 19.4. The van der Waals surface area contributed by atoms with Gasteiger partial charge in [0.2, 0.25) is 0 Å². The van der Waals surface area contributed by atoms with Gasteiger partial charge in [0.05, 0.1) is 6.54 Å². The molecule has 0 atom stereocenters. The molecule has 2 nitrogen and oxygen atoms in total. The van der Waals surface area contributed by atoms with Crippen molar-refractivity contribution in [3.05, 3.63) is 0 Å². The Morgan fingerprint density at radius 2 is 1.62 bits per heavy atom. The first kappa shape index (κ1) is 13.8. The number of piperidine rings is 1. The fourth-order valence-corrected chi connectivity index (χ4v) is 2.54. The van der Waals surface area contributed by atoms with E-state index in [9.17, 15) is 13.2 Å². The van der Waals surface area contributed by atoms with Gasteiger partial charge in [-0.3, -0.25) is 4.90 Å². The largest absolute Gasteiger partial charge is 0.401 e. The van der Waals surface area contributed by atoms with E-state index in [1.807, 2.05) is 13.8 Å². The fourth-order valence-electron chi connectivity index (χ4n) is 2.54. The van der Waals surface area contributed by atoms with Crippen LogP contribution in [-0.2, 0) is 0 Å². The fraction of sp³-hybridized carbons (Fsp3) is 1.00. The van der Waals surface area contributed by atoms with Crippen LogP contribution in [0.4, 0.5) is 13.2 Å². The average Bonchev–Trinajstić information content (AvgIpc) is 2.18. The number of alkyl halides is 3. The summed E-state index contributed by atoms with van der Waals surface area (Å²) in [6.07, 6.45) is -1.97. The molecule has 5 heteroatoms. The van der Waals surface area contributed by atoms with Crippen LogP contribution < -0.4 is 5.32 Å². The van der Waals surface area contributed by atoms with Crippen LogP contribution in [0, 0.1) is 5.41 Å². The van der Waals surface area contributed by atoms with Gasteiger partial charge in [0.15, 0.2) is 0 Å². The lowest BCUT2D eigenvalue weighted by molar-refractivity contribution is -0.172. The molecule has 2 fully saturated rings. The predicted molar refractivity (Wildman–Crippen MR) is 58.4 cm³/mol. The number of nitrogens with one attached hydrogen (secondary N) is 1. The summed E-state index contributed by atoms with van der Waals surface area (Å²) in [5.41, 5.74) is 0.205. The molecule has 1 spiro atoms. The van der Waals surface area contributed by atoms with Crippen LogP contribution in [0.1, 0.15) is 26.7 Å². The maximum Gasteiger partial charge on any atom is 0.401 e. The van der Waals surface area contributed by atoms with Gasteiger partial charge in [-0.1, -0.05) is 13.8 Å². The van der Waals surface area contributed by atoms with Crippen molar-refractivity contribution in [3.8, 4) is 0 Å². The third-order valence-electron chi connectivity index (χ3n) is 3.19. The monoisotopic (exact) mass is 238 g/mol. The number of likely N-dealkylation sites (tertiary alicyclic amines) is 1. The van der Waals surface area contributed by atoms with E-state index in [0.29, 0.717) is 13.1 Å². The van der Waals surface area contributed by atoms with Crippen LogP contribution in [0.25, 0.3) is 0 Å². The van der Waals surface area contributed by atoms with Crippen LogP contribution in [-0.4, -0.2) is 43.8 Å². The molecule has 2 rings (SSSR count). The highest BCUT2D eigenvalue weighted by Gasteiger charge is 2.46. The highest BCUT2D eigenvalue weighted by Crippen LogP contribution is 2.39. The van der Waals surface area contributed by atoms with Crippen LogP contribution >= 0.6 is 0 Å². The minimum atomic E-state index is -4.03. The molecular weight excluding hydrogens is 217 g/mol. The number of halogens is 3. The van der Waals surface area contributed by atoms with Crippen LogP contribution in [0.3, 0.4) is 0 Å². The molecule has 0 aromatic heterocycles. The first-order valence-corrected chi connectivity index (χ1v) is 5.99. The number of hydrogen-bond donors (Lipinski definition) is 1. The quantitative estimate of drug-likeness (QED) is 0.754. The van der Waals surface area contributed by atoms with E-state index in [0.717, 1.165) is 25.9 Å². The molecular formula is C11H21F3N2. The average molecular weight is 238 g/mol. The Balaban J connectivity index is 0.000000606. The topological polar surface area (TPSA) is 15.3 Å². The molecule has 0 unspecified atom stereocenters. The van der Waals surface area contributed by atoms with E-state index in [4.69, 9.17) is 0 Å². The Morgan fingerprint density at radius 1 is 1.12 bits per heavy atom. The van der Waals surface area contributed by atoms with Crippen LogP contribution in [0.15, 0.2) is 0 Å². The Labute approximate surface area is 95.2 Å². The molecule has 0 amide bonds. The molecule has 0 aliphatic carbocycles. The zero-order valence-electron chi connectivity index (χ0n) is 10.0. The van der Waals surface area contributed by atoms with Gasteiger partial charge < -0.3 is 5.32 Å². The normalized spacial score (nSPS) is 24.6. The SMILES string of the molecule is CC.FC(F)(F)CN1CC2(CCNCC2)C1. The van der Waals surface area contributed by atoms with Gasteiger partial charge in [-0.25, -0.2) is 0 Å². The molecule has 0 aromatic rings. The number of nitrogens with zero attached hydrogens (tertiary/aromatic N) is 1. The first-order valence-electron chi connectivity index (χ1n) is 5.99. The minimum Gasteiger partial charge on any atom is -0.317 e. The third-order valence-corrected chi connectivity index (χ3v) is 3.19. The van der Waals surface area contributed by atoms with Gasteiger partial charge in [0, 0.05) is 13.1 Å². The van der Waals surface area contributed by atoms with Crippen LogP contribution in [0.5, 0.6) is 0 Å². The third kappa shape index (κ3) is 3.63. The summed E-state index contributed by atoms with van der Waals surface area (Å²) in [5, 5.41) is 3.23. The molecule has 1 N–H and O–H groups in total. The number of hydrogen-bond acceptors (Lipinski definition) is 2. The van der Waals surface area contributed by atoms with Gasteiger partial charge in [-0.2, -0.15) is 13.2 Å². The van der Waals surface area contributed by atoms with Gasteiger partial charge in [0.1, 0.15) is 0 Å². The summed E-state index contributed by atoms with van der Waals surface area (Å²) >= 11 is 0. The van der Waals surface area contributed by atoms with Gasteiger partial charge in [-0.15, -0.1) is 0 Å². The second kappa shape index (κ2) is 5.36. The predicted octanol–water partition coefficient (Wildman–Crippen LogP) is 2.26. The lowest BCUT2D eigenvalue weighted by Gasteiger charge is -2.52. The Kier molecular flexibility index (Phi) is 4.62. The standard InChI is InChI=1S/C9H15F3N2.C2H6/c10-9(11,12)7-14-5-8(6-14)1-3-13-4-2-8;1-2/h13H,1-7H2;1-2H3. The molecule has 96 valence electrons. The highest BCUT2D eigenvalue weighted by molar-refractivity contribution is 4.97. The Bertz CT molecular complexity index is 202. The molecule has 2 aliphatic rings. The van der Waals surface area contributed by atoms with Crippen molar-refractivity contribution in [2.24, 2.45) is 5.41 Å². The van der Waals surface area contributed by atoms with Gasteiger partial charge in [0.25, 0.3) is 0 Å². The van der Waals surface area contributed by atoms with Crippen molar-refractivity contribution in [2.45, 2.75) is 32.9 Å². The molecule has 2 aliphatic heterocycles. The summed E-state index contributed by atoms with van der Waals surface area (Å²) in [7, 11) is 0. The smallest absolute Gasteiger partial charge is 0.317 e. The number of rotatable bonds is 1. The lowest BCUT2D eigenvalue weighted by atomic mass is 9.72. The summed E-state index contributed by atoms with van der Waals surface area (Å²) in [5.74, 6) is 0. The molecule has 0 radical (unpaired) electrons. The molecule has 0 aromatic carbocycles. The molecule has 2 saturated heterocycles. The Hall–Kier alpha value is -0.290. The van der Waals surface area contributed by atoms with Crippen molar-refractivity contribution in [1.29, 1.82) is 0 Å². The summed E-state index contributed by atoms with van der Waals surface area (Å²) in [6, 6.07) is 0. The maximum absolute atomic E-state index is 12.0. The summed E-state index contributed by atoms with van der Waals surface area (Å²) in [4.78, 5) is 1.51. The van der Waals surface area contributed by atoms with E-state index >= 15 is 0 Å². The maximum atomic E-state index is 12.0. The van der Waals surface area contributed by atoms with E-state index in [1.165, 1.54) is 4.90 Å². The summed E-state index contributed by atoms with van der Waals surface area (Å²) < 4.78 is 36.1. The van der Waals surface area contributed by atoms with Crippen molar-refractivity contribution >= 4 is 0 Å². The Morgan fingerprint density at radius 3 is 2.06 bits per heavy atom. The van der Waals surface area contributed by atoms with Crippen molar-refractivity contribution in [2.75, 3.05) is 32.7 Å². The second-order valence-electron chi connectivity index (χ2n) is 4.51. The van der Waals surface area contributed by atoms with E-state index in [2.05, 4.69) is 5.32 Å². The van der Waals surface area contributed by atoms with Crippen molar-refractivity contribution < 1.29 is 13.2 Å². The van der Waals surface area contributed by atoms with E-state index < -0.39 is 12.7 Å². The minimum absolute atomic E-state index is 0.205. The second-order valence-corrected chi connectivity index (χ2v) is 4.51. The van der Waals surface area contributed by atoms with Gasteiger partial charge >= 0.3 is 6.18 Å². The lowest BCUT2D eigenvalue weighted by Crippen LogP contribution is -2.61. The van der Waals surface area contributed by atoms with E-state index in [-0.39, 0.29) is 5.41 Å².